The van der Waals surface area contributed by atoms with Gasteiger partial charge in [0.1, 0.15) is 5.82 Å². The summed E-state index contributed by atoms with van der Waals surface area (Å²) in [4.78, 5) is 25.1. The third-order valence-electron chi connectivity index (χ3n) is 7.05. The first-order valence-corrected chi connectivity index (χ1v) is 12.1. The summed E-state index contributed by atoms with van der Waals surface area (Å²) in [5, 5.41) is 23.4. The molecule has 1 amide bonds. The molecule has 2 saturated carbocycles. The number of carbonyl (C=O) groups excluding carboxylic acids is 1. The second-order valence-electron chi connectivity index (χ2n) is 9.54. The molecule has 0 aromatic heterocycles. The van der Waals surface area contributed by atoms with E-state index in [2.05, 4.69) is 10.6 Å². The zero-order valence-corrected chi connectivity index (χ0v) is 19.9. The second-order valence-corrected chi connectivity index (χ2v) is 9.54. The molecule has 2 fully saturated rings. The molecule has 196 valence electrons. The van der Waals surface area contributed by atoms with Crippen molar-refractivity contribution in [3.05, 3.63) is 70.7 Å². The zero-order chi connectivity index (χ0) is 26.8. The van der Waals surface area contributed by atoms with E-state index < -0.39 is 34.8 Å². The van der Waals surface area contributed by atoms with Crippen molar-refractivity contribution in [2.45, 2.75) is 62.6 Å². The smallest absolute Gasteiger partial charge is 0.416 e. The fourth-order valence-electron chi connectivity index (χ4n) is 4.80. The van der Waals surface area contributed by atoms with Gasteiger partial charge in [-0.05, 0) is 55.5 Å². The molecule has 10 heteroatoms. The number of alkyl halides is 3. The number of rotatable bonds is 8. The van der Waals surface area contributed by atoms with Crippen molar-refractivity contribution in [3.8, 4) is 0 Å². The van der Waals surface area contributed by atoms with Crippen molar-refractivity contribution < 1.29 is 32.3 Å². The van der Waals surface area contributed by atoms with Crippen molar-refractivity contribution >= 4 is 29.4 Å². The number of benzene rings is 2. The van der Waals surface area contributed by atoms with E-state index in [0.29, 0.717) is 17.2 Å². The fraction of sp³-hybridized carbons (Fsp3) is 0.370. The Labute approximate surface area is 211 Å². The van der Waals surface area contributed by atoms with Crippen LogP contribution in [0, 0.1) is 11.2 Å². The molecule has 37 heavy (non-hydrogen) atoms. The quantitative estimate of drug-likeness (QED) is 0.250. The summed E-state index contributed by atoms with van der Waals surface area (Å²) in [6, 6.07) is 6.59. The molecule has 0 heterocycles. The van der Waals surface area contributed by atoms with Crippen LogP contribution in [0.2, 0.25) is 0 Å². The van der Waals surface area contributed by atoms with Gasteiger partial charge >= 0.3 is 12.1 Å². The van der Waals surface area contributed by atoms with Crippen molar-refractivity contribution in [1.29, 1.82) is 5.41 Å². The zero-order valence-electron chi connectivity index (χ0n) is 19.9. The Morgan fingerprint density at radius 2 is 1.73 bits per heavy atom. The number of amides is 1. The van der Waals surface area contributed by atoms with Gasteiger partial charge in [-0.25, -0.2) is 9.18 Å². The van der Waals surface area contributed by atoms with Gasteiger partial charge in [0, 0.05) is 35.3 Å². The lowest BCUT2D eigenvalue weighted by Gasteiger charge is -2.22. The van der Waals surface area contributed by atoms with Gasteiger partial charge in [-0.3, -0.25) is 4.79 Å². The molecule has 2 aromatic rings. The minimum atomic E-state index is -4.71. The van der Waals surface area contributed by atoms with Crippen LogP contribution in [0.4, 0.5) is 23.2 Å². The van der Waals surface area contributed by atoms with Crippen LogP contribution >= 0.6 is 0 Å². The van der Waals surface area contributed by atoms with Gasteiger partial charge in [-0.15, -0.1) is 0 Å². The normalized spacial score (nSPS) is 17.7. The number of carbonyl (C=O) groups is 2. The maximum atomic E-state index is 14.6. The summed E-state index contributed by atoms with van der Waals surface area (Å²) in [5.74, 6) is -3.00. The van der Waals surface area contributed by atoms with Crippen LogP contribution in [0.15, 0.2) is 42.6 Å². The van der Waals surface area contributed by atoms with Gasteiger partial charge in [0.05, 0.1) is 16.5 Å². The van der Waals surface area contributed by atoms with Crippen molar-refractivity contribution in [2.24, 2.45) is 0 Å². The minimum Gasteiger partial charge on any atom is -0.478 e. The minimum absolute atomic E-state index is 0.129. The first-order valence-electron chi connectivity index (χ1n) is 12.1. The van der Waals surface area contributed by atoms with Gasteiger partial charge in [-0.1, -0.05) is 31.4 Å². The molecule has 0 saturated heterocycles. The Bertz CT molecular complexity index is 1250. The molecule has 0 atom stereocenters. The van der Waals surface area contributed by atoms with E-state index >= 15 is 0 Å². The van der Waals surface area contributed by atoms with E-state index in [0.717, 1.165) is 44.0 Å². The van der Waals surface area contributed by atoms with Gasteiger partial charge in [-0.2, -0.15) is 13.2 Å². The van der Waals surface area contributed by atoms with Crippen LogP contribution in [-0.2, 0) is 16.4 Å². The number of anilines is 1. The van der Waals surface area contributed by atoms with Crippen molar-refractivity contribution in [1.82, 2.24) is 5.32 Å². The molecular formula is C27H27F4N3O3. The van der Waals surface area contributed by atoms with Crippen LogP contribution in [0.3, 0.4) is 0 Å². The Kier molecular flexibility index (Phi) is 7.38. The number of carboxylic acids is 1. The van der Waals surface area contributed by atoms with Crippen LogP contribution in [0.5, 0.6) is 0 Å². The van der Waals surface area contributed by atoms with Crippen molar-refractivity contribution in [2.75, 3.05) is 5.32 Å². The number of halogens is 4. The highest BCUT2D eigenvalue weighted by Gasteiger charge is 2.53. The number of allylic oxidation sites excluding steroid dienone is 1. The first kappa shape index (κ1) is 26.4. The highest BCUT2D eigenvalue weighted by molar-refractivity contribution is 6.12. The van der Waals surface area contributed by atoms with Crippen LogP contribution in [-0.4, -0.2) is 29.2 Å². The van der Waals surface area contributed by atoms with E-state index in [-0.39, 0.29) is 35.7 Å². The lowest BCUT2D eigenvalue weighted by Crippen LogP contribution is -2.29. The standard InChI is InChI=1S/C27H27F4N3O3/c28-23-12-17(27(29,30)31)6-9-22(23)26(10-11-26)25(37)34-19-7-8-20(21(13-19)24(35)36)16(14-32)15-33-18-4-2-1-3-5-18/h6-9,12-15,18,32-33H,1-5,10-11H2,(H,34,37)(H,35,36)/b16-15+,32-14?. The Hall–Kier alpha value is -3.69. The van der Waals surface area contributed by atoms with E-state index in [4.69, 9.17) is 5.41 Å². The number of hydrogen-bond donors (Lipinski definition) is 4. The lowest BCUT2D eigenvalue weighted by molar-refractivity contribution is -0.137. The maximum Gasteiger partial charge on any atom is 0.416 e. The average molecular weight is 518 g/mol. The summed E-state index contributed by atoms with van der Waals surface area (Å²) in [6.45, 7) is 0. The van der Waals surface area contributed by atoms with E-state index in [1.165, 1.54) is 24.6 Å². The van der Waals surface area contributed by atoms with E-state index in [9.17, 15) is 32.3 Å². The summed E-state index contributed by atoms with van der Waals surface area (Å²) in [6.07, 6.45) is 3.89. The summed E-state index contributed by atoms with van der Waals surface area (Å²) in [5.41, 5.74) is -1.92. The number of nitrogens with one attached hydrogen (secondary N) is 3. The third-order valence-corrected chi connectivity index (χ3v) is 7.05. The summed E-state index contributed by atoms with van der Waals surface area (Å²) >= 11 is 0. The van der Waals surface area contributed by atoms with E-state index in [1.54, 1.807) is 6.20 Å². The molecular weight excluding hydrogens is 490 g/mol. The highest BCUT2D eigenvalue weighted by atomic mass is 19.4. The molecule has 0 bridgehead atoms. The number of aromatic carboxylic acids is 1. The molecule has 0 spiro atoms. The molecule has 0 radical (unpaired) electrons. The highest BCUT2D eigenvalue weighted by Crippen LogP contribution is 2.50. The van der Waals surface area contributed by atoms with Crippen LogP contribution in [0.1, 0.15) is 72.0 Å². The molecule has 2 aromatic carbocycles. The van der Waals surface area contributed by atoms with Gasteiger partial charge in [0.15, 0.2) is 0 Å². The number of hydrogen-bond acceptors (Lipinski definition) is 4. The molecule has 2 aliphatic rings. The van der Waals surface area contributed by atoms with Crippen molar-refractivity contribution in [3.63, 3.8) is 0 Å². The van der Waals surface area contributed by atoms with Gasteiger partial charge in [0.25, 0.3) is 0 Å². The molecule has 0 unspecified atom stereocenters. The fourth-order valence-corrected chi connectivity index (χ4v) is 4.80. The molecule has 0 aliphatic heterocycles. The largest absolute Gasteiger partial charge is 0.478 e. The molecule has 4 rings (SSSR count). The Morgan fingerprint density at radius 3 is 2.30 bits per heavy atom. The molecule has 2 aliphatic carbocycles. The molecule has 4 N–H and O–H groups in total. The third kappa shape index (κ3) is 5.68. The SMILES string of the molecule is N=C/C(=C\NC1CCCCC1)c1ccc(NC(=O)C2(c3ccc(C(F)(F)F)cc3F)CC2)cc1C(=O)O. The van der Waals surface area contributed by atoms with E-state index in [1.807, 2.05) is 0 Å². The maximum absolute atomic E-state index is 14.6. The van der Waals surface area contributed by atoms with Crippen LogP contribution in [0.25, 0.3) is 5.57 Å². The Balaban J connectivity index is 1.55. The Morgan fingerprint density at radius 1 is 1.03 bits per heavy atom. The molecule has 6 nitrogen and oxygen atoms in total. The summed E-state index contributed by atoms with van der Waals surface area (Å²) in [7, 11) is 0. The van der Waals surface area contributed by atoms with Crippen LogP contribution < -0.4 is 10.6 Å². The first-order chi connectivity index (χ1) is 17.5. The van der Waals surface area contributed by atoms with Gasteiger partial charge < -0.3 is 21.1 Å². The topological polar surface area (TPSA) is 102 Å². The van der Waals surface area contributed by atoms with Gasteiger partial charge in [0.2, 0.25) is 5.91 Å². The predicted molar refractivity (Wildman–Crippen MR) is 131 cm³/mol. The summed E-state index contributed by atoms with van der Waals surface area (Å²) < 4.78 is 53.3. The number of carboxylic acid groups (broad SMARTS) is 1. The monoisotopic (exact) mass is 517 g/mol. The predicted octanol–water partition coefficient (Wildman–Crippen LogP) is 6.13. The average Bonchev–Trinajstić information content (AvgIpc) is 3.67. The second kappa shape index (κ2) is 10.4. The lowest BCUT2D eigenvalue weighted by atomic mass is 9.92.